The standard InChI is InChI=1S/C24H28ClN3O3/c25-19-8-9-21(23(16-19)31-13-5-11-27)28-24(29)20-14-17-6-1-2-7-18(17)15-22(20)30-12-4-3-10-26/h1-2,6-9,14-16H,3-5,10-13,26-27H2,(H,28,29). The molecule has 0 bridgehead atoms. The molecule has 3 rings (SSSR count). The maximum atomic E-state index is 13.2. The molecule has 164 valence electrons. The van der Waals surface area contributed by atoms with Crippen LogP contribution < -0.4 is 26.3 Å². The zero-order valence-electron chi connectivity index (χ0n) is 17.4. The second kappa shape index (κ2) is 11.6. The Morgan fingerprint density at radius 3 is 2.26 bits per heavy atom. The average molecular weight is 442 g/mol. The zero-order chi connectivity index (χ0) is 22.1. The molecule has 31 heavy (non-hydrogen) atoms. The Morgan fingerprint density at radius 2 is 1.52 bits per heavy atom. The van der Waals surface area contributed by atoms with E-state index in [1.165, 1.54) is 0 Å². The molecule has 0 radical (unpaired) electrons. The van der Waals surface area contributed by atoms with E-state index in [2.05, 4.69) is 5.32 Å². The van der Waals surface area contributed by atoms with Crippen LogP contribution in [-0.2, 0) is 0 Å². The van der Waals surface area contributed by atoms with Crippen LogP contribution in [0.4, 0.5) is 5.69 Å². The Morgan fingerprint density at radius 1 is 0.839 bits per heavy atom. The van der Waals surface area contributed by atoms with E-state index in [1.54, 1.807) is 18.2 Å². The summed E-state index contributed by atoms with van der Waals surface area (Å²) in [6, 6.07) is 16.7. The van der Waals surface area contributed by atoms with E-state index in [4.69, 9.17) is 32.5 Å². The van der Waals surface area contributed by atoms with Crippen LogP contribution in [0.5, 0.6) is 11.5 Å². The third-order valence-corrected chi connectivity index (χ3v) is 4.98. The van der Waals surface area contributed by atoms with Gasteiger partial charge in [-0.25, -0.2) is 0 Å². The largest absolute Gasteiger partial charge is 0.493 e. The molecule has 5 N–H and O–H groups in total. The number of nitrogens with two attached hydrogens (primary N) is 2. The number of hydrogen-bond donors (Lipinski definition) is 3. The van der Waals surface area contributed by atoms with Crippen molar-refractivity contribution < 1.29 is 14.3 Å². The molecule has 1 amide bonds. The highest BCUT2D eigenvalue weighted by atomic mass is 35.5. The fraction of sp³-hybridized carbons (Fsp3) is 0.292. The van der Waals surface area contributed by atoms with Gasteiger partial charge in [-0.05, 0) is 67.4 Å². The van der Waals surface area contributed by atoms with Crippen LogP contribution in [0, 0.1) is 0 Å². The molecule has 0 aromatic heterocycles. The monoisotopic (exact) mass is 441 g/mol. The van der Waals surface area contributed by atoms with Gasteiger partial charge in [0.05, 0.1) is 24.5 Å². The number of nitrogens with one attached hydrogen (secondary N) is 1. The highest BCUT2D eigenvalue weighted by Crippen LogP contribution is 2.31. The fourth-order valence-corrected chi connectivity index (χ4v) is 3.28. The second-order valence-corrected chi connectivity index (χ2v) is 7.56. The highest BCUT2D eigenvalue weighted by molar-refractivity contribution is 6.30. The minimum absolute atomic E-state index is 0.287. The Labute approximate surface area is 187 Å². The molecule has 0 aliphatic carbocycles. The summed E-state index contributed by atoms with van der Waals surface area (Å²) in [7, 11) is 0. The Balaban J connectivity index is 1.87. The van der Waals surface area contributed by atoms with E-state index in [0.29, 0.717) is 60.5 Å². The van der Waals surface area contributed by atoms with Crippen LogP contribution in [0.15, 0.2) is 54.6 Å². The summed E-state index contributed by atoms with van der Waals surface area (Å²) in [6.07, 6.45) is 2.38. The number of anilines is 1. The van der Waals surface area contributed by atoms with Crippen LogP contribution in [0.3, 0.4) is 0 Å². The van der Waals surface area contributed by atoms with Gasteiger partial charge in [0.1, 0.15) is 11.5 Å². The number of ether oxygens (including phenoxy) is 2. The first kappa shape index (κ1) is 22.9. The predicted molar refractivity (Wildman–Crippen MR) is 126 cm³/mol. The Hall–Kier alpha value is -2.80. The van der Waals surface area contributed by atoms with Crippen molar-refractivity contribution in [2.45, 2.75) is 19.3 Å². The number of carbonyl (C=O) groups excluding carboxylic acids is 1. The van der Waals surface area contributed by atoms with Crippen molar-refractivity contribution in [2.75, 3.05) is 31.6 Å². The van der Waals surface area contributed by atoms with Gasteiger partial charge in [-0.3, -0.25) is 4.79 Å². The van der Waals surface area contributed by atoms with Crippen LogP contribution in [-0.4, -0.2) is 32.2 Å². The van der Waals surface area contributed by atoms with Crippen LogP contribution in [0.1, 0.15) is 29.6 Å². The summed E-state index contributed by atoms with van der Waals surface area (Å²) in [6.45, 7) is 2.05. The fourth-order valence-electron chi connectivity index (χ4n) is 3.12. The van der Waals surface area contributed by atoms with Crippen LogP contribution in [0.2, 0.25) is 5.02 Å². The molecule has 3 aromatic carbocycles. The van der Waals surface area contributed by atoms with Crippen molar-refractivity contribution >= 4 is 34.0 Å². The molecular formula is C24H28ClN3O3. The molecule has 0 unspecified atom stereocenters. The van der Waals surface area contributed by atoms with Crippen molar-refractivity contribution in [3.8, 4) is 11.5 Å². The van der Waals surface area contributed by atoms with Gasteiger partial charge in [0.15, 0.2) is 0 Å². The number of carbonyl (C=O) groups is 1. The van der Waals surface area contributed by atoms with Crippen molar-refractivity contribution in [1.29, 1.82) is 0 Å². The van der Waals surface area contributed by atoms with Gasteiger partial charge in [0.25, 0.3) is 5.91 Å². The predicted octanol–water partition coefficient (Wildman–Crippen LogP) is 4.59. The zero-order valence-corrected chi connectivity index (χ0v) is 18.2. The van der Waals surface area contributed by atoms with Gasteiger partial charge < -0.3 is 26.3 Å². The second-order valence-electron chi connectivity index (χ2n) is 7.13. The van der Waals surface area contributed by atoms with E-state index in [1.807, 2.05) is 36.4 Å². The quantitative estimate of drug-likeness (QED) is 0.378. The Bertz CT molecular complexity index is 1030. The molecule has 0 fully saturated rings. The molecule has 0 saturated heterocycles. The van der Waals surface area contributed by atoms with Gasteiger partial charge in [-0.15, -0.1) is 0 Å². The van der Waals surface area contributed by atoms with E-state index in [-0.39, 0.29) is 5.91 Å². The van der Waals surface area contributed by atoms with Crippen molar-refractivity contribution in [3.05, 3.63) is 65.2 Å². The number of fused-ring (bicyclic) bond motifs is 1. The van der Waals surface area contributed by atoms with E-state index in [0.717, 1.165) is 23.6 Å². The van der Waals surface area contributed by atoms with Gasteiger partial charge in [-0.2, -0.15) is 0 Å². The molecule has 0 aliphatic rings. The van der Waals surface area contributed by atoms with E-state index >= 15 is 0 Å². The maximum absolute atomic E-state index is 13.2. The van der Waals surface area contributed by atoms with Crippen molar-refractivity contribution in [1.82, 2.24) is 0 Å². The number of hydrogen-bond acceptors (Lipinski definition) is 5. The topological polar surface area (TPSA) is 99.6 Å². The molecule has 6 nitrogen and oxygen atoms in total. The summed E-state index contributed by atoms with van der Waals surface area (Å²) in [4.78, 5) is 13.2. The number of unbranched alkanes of at least 4 members (excludes halogenated alkanes) is 1. The molecule has 3 aromatic rings. The minimum Gasteiger partial charge on any atom is -0.493 e. The van der Waals surface area contributed by atoms with Gasteiger partial charge in [0, 0.05) is 11.1 Å². The van der Waals surface area contributed by atoms with Crippen LogP contribution >= 0.6 is 11.6 Å². The molecule has 0 saturated carbocycles. The summed E-state index contributed by atoms with van der Waals surface area (Å²) in [5.74, 6) is 0.749. The normalized spacial score (nSPS) is 10.8. The highest BCUT2D eigenvalue weighted by Gasteiger charge is 2.17. The summed E-state index contributed by atoms with van der Waals surface area (Å²) >= 11 is 6.11. The Kier molecular flexibility index (Phi) is 8.53. The van der Waals surface area contributed by atoms with E-state index in [9.17, 15) is 4.79 Å². The molecule has 7 heteroatoms. The lowest BCUT2D eigenvalue weighted by atomic mass is 10.0. The number of amides is 1. The molecule has 0 atom stereocenters. The first-order valence-corrected chi connectivity index (χ1v) is 10.8. The number of benzene rings is 3. The first-order valence-electron chi connectivity index (χ1n) is 10.4. The summed E-state index contributed by atoms with van der Waals surface area (Å²) < 4.78 is 11.7. The third kappa shape index (κ3) is 6.34. The van der Waals surface area contributed by atoms with Gasteiger partial charge in [-0.1, -0.05) is 35.9 Å². The first-order chi connectivity index (χ1) is 15.1. The van der Waals surface area contributed by atoms with E-state index < -0.39 is 0 Å². The summed E-state index contributed by atoms with van der Waals surface area (Å²) in [5, 5.41) is 5.42. The lowest BCUT2D eigenvalue weighted by molar-refractivity contribution is 0.102. The number of halogens is 1. The number of rotatable bonds is 11. The third-order valence-electron chi connectivity index (χ3n) is 4.75. The lowest BCUT2D eigenvalue weighted by Gasteiger charge is -2.16. The van der Waals surface area contributed by atoms with Crippen LogP contribution in [0.25, 0.3) is 10.8 Å². The van der Waals surface area contributed by atoms with Gasteiger partial charge >= 0.3 is 0 Å². The molecule has 0 heterocycles. The molecular weight excluding hydrogens is 414 g/mol. The van der Waals surface area contributed by atoms with Crippen molar-refractivity contribution in [2.24, 2.45) is 11.5 Å². The molecule has 0 aliphatic heterocycles. The lowest BCUT2D eigenvalue weighted by Crippen LogP contribution is -2.15. The molecule has 0 spiro atoms. The smallest absolute Gasteiger partial charge is 0.259 e. The SMILES string of the molecule is NCCCCOc1cc2ccccc2cc1C(=O)Nc1ccc(Cl)cc1OCCCN. The summed E-state index contributed by atoms with van der Waals surface area (Å²) in [5.41, 5.74) is 12.1. The minimum atomic E-state index is -0.287. The average Bonchev–Trinajstić information content (AvgIpc) is 2.78. The maximum Gasteiger partial charge on any atom is 0.259 e. The van der Waals surface area contributed by atoms with Gasteiger partial charge in [0.2, 0.25) is 0 Å². The van der Waals surface area contributed by atoms with Crippen molar-refractivity contribution in [3.63, 3.8) is 0 Å².